The number of hydrogen-bond donors (Lipinski definition) is 3. The quantitative estimate of drug-likeness (QED) is 0.721. The van der Waals surface area contributed by atoms with Crippen LogP contribution in [0.3, 0.4) is 0 Å². The lowest BCUT2D eigenvalue weighted by atomic mass is 9.96. The molecule has 5 heteroatoms. The van der Waals surface area contributed by atoms with Crippen molar-refractivity contribution in [3.63, 3.8) is 0 Å². The van der Waals surface area contributed by atoms with E-state index in [2.05, 4.69) is 41.9 Å². The molecule has 132 valence electrons. The molecule has 0 saturated heterocycles. The van der Waals surface area contributed by atoms with Crippen LogP contribution in [0.15, 0.2) is 54.6 Å². The van der Waals surface area contributed by atoms with Gasteiger partial charge in [0.25, 0.3) is 11.8 Å². The van der Waals surface area contributed by atoms with Crippen LogP contribution in [0.4, 0.5) is 5.69 Å². The number of benzene rings is 2. The molecule has 0 aliphatic carbocycles. The zero-order valence-corrected chi connectivity index (χ0v) is 15.0. The second kappa shape index (κ2) is 8.99. The molecule has 0 aliphatic heterocycles. The smallest absolute Gasteiger partial charge is 0.279 e. The fraction of sp³-hybridized carbons (Fsp3) is 0.300. The highest BCUT2D eigenvalue weighted by atomic mass is 16.2. The van der Waals surface area contributed by atoms with E-state index in [0.717, 1.165) is 0 Å². The number of carbonyl (C=O) groups excluding carboxylic acids is 2. The molecule has 0 aromatic heterocycles. The van der Waals surface area contributed by atoms with Crippen LogP contribution in [0.5, 0.6) is 0 Å². The minimum atomic E-state index is -0.174. The number of carbonyl (C=O) groups is 2. The summed E-state index contributed by atoms with van der Waals surface area (Å²) in [7, 11) is 1.58. The van der Waals surface area contributed by atoms with Gasteiger partial charge in [-0.25, -0.2) is 0 Å². The summed E-state index contributed by atoms with van der Waals surface area (Å²) in [5.74, 6) is 0.147. The molecule has 2 aromatic rings. The normalized spacial score (nSPS) is 11.8. The van der Waals surface area contributed by atoms with Gasteiger partial charge in [-0.3, -0.25) is 9.59 Å². The van der Waals surface area contributed by atoms with Crippen molar-refractivity contribution in [3.8, 4) is 0 Å². The first-order valence-corrected chi connectivity index (χ1v) is 8.51. The highest BCUT2D eigenvalue weighted by Crippen LogP contribution is 2.16. The predicted molar refractivity (Wildman–Crippen MR) is 99.3 cm³/mol. The van der Waals surface area contributed by atoms with Crippen LogP contribution in [0.1, 0.15) is 35.8 Å². The van der Waals surface area contributed by atoms with Crippen molar-refractivity contribution in [3.05, 3.63) is 65.7 Å². The molecule has 0 unspecified atom stereocenters. The van der Waals surface area contributed by atoms with Crippen molar-refractivity contribution in [1.82, 2.24) is 5.32 Å². The maximum Gasteiger partial charge on any atom is 0.279 e. The van der Waals surface area contributed by atoms with E-state index in [1.807, 2.05) is 18.2 Å². The number of nitrogens with two attached hydrogens (primary N) is 1. The molecule has 0 bridgehead atoms. The average Bonchev–Trinajstić information content (AvgIpc) is 2.62. The fourth-order valence-electron chi connectivity index (χ4n) is 2.80. The van der Waals surface area contributed by atoms with E-state index in [1.165, 1.54) is 5.56 Å². The average molecular weight is 340 g/mol. The van der Waals surface area contributed by atoms with Gasteiger partial charge in [-0.1, -0.05) is 50.2 Å². The third-order valence-electron chi connectivity index (χ3n) is 4.10. The summed E-state index contributed by atoms with van der Waals surface area (Å²) in [4.78, 5) is 23.9. The predicted octanol–water partition coefficient (Wildman–Crippen LogP) is 1.95. The lowest BCUT2D eigenvalue weighted by molar-refractivity contribution is -0.692. The van der Waals surface area contributed by atoms with Gasteiger partial charge in [0.1, 0.15) is 6.04 Å². The van der Waals surface area contributed by atoms with Gasteiger partial charge in [0.05, 0.1) is 0 Å². The first-order chi connectivity index (χ1) is 12.0. The van der Waals surface area contributed by atoms with Crippen LogP contribution < -0.4 is 16.0 Å². The second-order valence-corrected chi connectivity index (χ2v) is 6.33. The van der Waals surface area contributed by atoms with Crippen LogP contribution in [-0.4, -0.2) is 25.4 Å². The maximum atomic E-state index is 12.3. The van der Waals surface area contributed by atoms with Crippen LogP contribution in [0.2, 0.25) is 0 Å². The third-order valence-corrected chi connectivity index (χ3v) is 4.10. The Kier molecular flexibility index (Phi) is 6.71. The summed E-state index contributed by atoms with van der Waals surface area (Å²) >= 11 is 0. The van der Waals surface area contributed by atoms with Crippen LogP contribution in [-0.2, 0) is 4.79 Å². The summed E-state index contributed by atoms with van der Waals surface area (Å²) in [6.07, 6.45) is 0. The van der Waals surface area contributed by atoms with Gasteiger partial charge in [0, 0.05) is 29.8 Å². The molecule has 2 aromatic carbocycles. The van der Waals surface area contributed by atoms with Crippen molar-refractivity contribution >= 4 is 17.5 Å². The Morgan fingerprint density at radius 3 is 2.40 bits per heavy atom. The van der Waals surface area contributed by atoms with Crippen molar-refractivity contribution in [2.45, 2.75) is 19.9 Å². The standard InChI is InChI=1S/C20H25N3O2/c1-14(2)19(15-8-5-4-6-9-15)22-13-18(24)23-17-11-7-10-16(12-17)20(25)21-3/h4-12,14,19,22H,13H2,1-3H3,(H,21,25)(H,23,24)/p+1/t19-/m1/s1. The molecule has 1 atom stereocenters. The summed E-state index contributed by atoms with van der Waals surface area (Å²) in [5, 5.41) is 7.49. The van der Waals surface area contributed by atoms with Crippen molar-refractivity contribution in [2.24, 2.45) is 5.92 Å². The van der Waals surface area contributed by atoms with E-state index in [0.29, 0.717) is 23.7 Å². The SMILES string of the molecule is CNC(=O)c1cccc(NC(=O)C[NH2+][C@@H](c2ccccc2)C(C)C)c1. The highest BCUT2D eigenvalue weighted by Gasteiger charge is 2.20. The van der Waals surface area contributed by atoms with Gasteiger partial charge in [0.2, 0.25) is 0 Å². The Morgan fingerprint density at radius 2 is 1.76 bits per heavy atom. The lowest BCUT2D eigenvalue weighted by Gasteiger charge is -2.19. The Bertz CT molecular complexity index is 714. The molecule has 0 radical (unpaired) electrons. The number of amides is 2. The molecule has 25 heavy (non-hydrogen) atoms. The van der Waals surface area contributed by atoms with Crippen LogP contribution in [0, 0.1) is 5.92 Å². The molecule has 0 heterocycles. The zero-order valence-electron chi connectivity index (χ0n) is 15.0. The minimum absolute atomic E-state index is 0.0874. The molecule has 0 aliphatic rings. The number of hydrogen-bond acceptors (Lipinski definition) is 2. The first-order valence-electron chi connectivity index (χ1n) is 8.51. The molecule has 0 saturated carbocycles. The molecule has 0 fully saturated rings. The Hall–Kier alpha value is -2.66. The molecule has 0 spiro atoms. The zero-order chi connectivity index (χ0) is 18.2. The van der Waals surface area contributed by atoms with Crippen molar-refractivity contribution in [2.75, 3.05) is 18.9 Å². The lowest BCUT2D eigenvalue weighted by Crippen LogP contribution is -2.88. The van der Waals surface area contributed by atoms with Crippen molar-refractivity contribution in [1.29, 1.82) is 0 Å². The summed E-state index contributed by atoms with van der Waals surface area (Å²) in [6, 6.07) is 17.4. The van der Waals surface area contributed by atoms with Gasteiger partial charge in [-0.2, -0.15) is 0 Å². The van der Waals surface area contributed by atoms with Crippen molar-refractivity contribution < 1.29 is 14.9 Å². The highest BCUT2D eigenvalue weighted by molar-refractivity contribution is 5.97. The number of quaternary nitrogens is 1. The van der Waals surface area contributed by atoms with Gasteiger partial charge >= 0.3 is 0 Å². The molecular formula is C20H26N3O2+. The van der Waals surface area contributed by atoms with Gasteiger partial charge in [0.15, 0.2) is 6.54 Å². The van der Waals surface area contributed by atoms with Gasteiger partial charge in [-0.15, -0.1) is 0 Å². The number of rotatable bonds is 7. The Balaban J connectivity index is 1.97. The van der Waals surface area contributed by atoms with E-state index in [1.54, 1.807) is 31.3 Å². The first kappa shape index (κ1) is 18.7. The van der Waals surface area contributed by atoms with E-state index >= 15 is 0 Å². The van der Waals surface area contributed by atoms with Crippen LogP contribution in [0.25, 0.3) is 0 Å². The van der Waals surface area contributed by atoms with E-state index < -0.39 is 0 Å². The molecule has 2 amide bonds. The molecule has 4 N–H and O–H groups in total. The monoisotopic (exact) mass is 340 g/mol. The number of anilines is 1. The Labute approximate surface area is 148 Å². The summed E-state index contributed by atoms with van der Waals surface area (Å²) in [5.41, 5.74) is 2.36. The molecular weight excluding hydrogens is 314 g/mol. The summed E-state index contributed by atoms with van der Waals surface area (Å²) < 4.78 is 0. The Morgan fingerprint density at radius 1 is 1.04 bits per heavy atom. The topological polar surface area (TPSA) is 74.8 Å². The largest absolute Gasteiger partial charge is 0.355 e. The van der Waals surface area contributed by atoms with E-state index in [9.17, 15) is 9.59 Å². The molecule has 5 nitrogen and oxygen atoms in total. The van der Waals surface area contributed by atoms with Gasteiger partial charge < -0.3 is 16.0 Å². The van der Waals surface area contributed by atoms with Crippen LogP contribution >= 0.6 is 0 Å². The number of nitrogens with one attached hydrogen (secondary N) is 2. The van der Waals surface area contributed by atoms with E-state index in [-0.39, 0.29) is 17.9 Å². The summed E-state index contributed by atoms with van der Waals surface area (Å²) in [6.45, 7) is 4.62. The van der Waals surface area contributed by atoms with E-state index in [4.69, 9.17) is 0 Å². The fourth-order valence-corrected chi connectivity index (χ4v) is 2.80. The minimum Gasteiger partial charge on any atom is -0.355 e. The third kappa shape index (κ3) is 5.43. The molecule has 2 rings (SSSR count). The maximum absolute atomic E-state index is 12.3. The van der Waals surface area contributed by atoms with Gasteiger partial charge in [-0.05, 0) is 18.2 Å². The second-order valence-electron chi connectivity index (χ2n) is 6.33.